The Morgan fingerprint density at radius 2 is 0.636 bits per heavy atom. The van der Waals surface area contributed by atoms with Crippen molar-refractivity contribution in [2.45, 2.75) is 206 Å². The predicted molar refractivity (Wildman–Crippen MR) is 194 cm³/mol. The van der Waals surface area contributed by atoms with Crippen molar-refractivity contribution in [2.75, 3.05) is 13.1 Å². The summed E-state index contributed by atoms with van der Waals surface area (Å²) < 4.78 is 0. The van der Waals surface area contributed by atoms with E-state index in [4.69, 9.17) is 0 Å². The van der Waals surface area contributed by atoms with Gasteiger partial charge in [-0.2, -0.15) is 0 Å². The molecule has 2 amide bonds. The van der Waals surface area contributed by atoms with E-state index in [9.17, 15) is 9.59 Å². The SMILES string of the molecule is CCCCCCCC/C=C\CCCCCCCC(=O)NCCCCNC(=O)CCCCCCC/C=C/CCCCCCCC. The molecule has 0 atom stereocenters. The van der Waals surface area contributed by atoms with Gasteiger partial charge in [-0.15, -0.1) is 0 Å². The van der Waals surface area contributed by atoms with Crippen molar-refractivity contribution in [3.63, 3.8) is 0 Å². The molecule has 4 nitrogen and oxygen atoms in total. The third kappa shape index (κ3) is 36.6. The molecule has 0 unspecified atom stereocenters. The van der Waals surface area contributed by atoms with Gasteiger partial charge in [0, 0.05) is 25.9 Å². The monoisotopic (exact) mass is 617 g/mol. The van der Waals surface area contributed by atoms with E-state index < -0.39 is 0 Å². The number of hydrogen-bond acceptors (Lipinski definition) is 2. The third-order valence-corrected chi connectivity index (χ3v) is 8.58. The van der Waals surface area contributed by atoms with E-state index in [0.29, 0.717) is 25.9 Å². The smallest absolute Gasteiger partial charge is 0.219 e. The maximum Gasteiger partial charge on any atom is 0.219 e. The summed E-state index contributed by atoms with van der Waals surface area (Å²) in [5.74, 6) is 0.353. The molecule has 0 rings (SSSR count). The minimum absolute atomic E-state index is 0.177. The molecule has 0 spiro atoms. The van der Waals surface area contributed by atoms with E-state index in [1.165, 1.54) is 141 Å². The zero-order valence-electron chi connectivity index (χ0n) is 29.8. The lowest BCUT2D eigenvalue weighted by Gasteiger charge is -2.07. The number of rotatable bonds is 35. The number of hydrogen-bond donors (Lipinski definition) is 2. The topological polar surface area (TPSA) is 58.2 Å². The van der Waals surface area contributed by atoms with Crippen molar-refractivity contribution in [3.05, 3.63) is 24.3 Å². The first kappa shape index (κ1) is 42.4. The first-order chi connectivity index (χ1) is 21.7. The van der Waals surface area contributed by atoms with E-state index in [2.05, 4.69) is 48.8 Å². The van der Waals surface area contributed by atoms with Crippen LogP contribution in [0.2, 0.25) is 0 Å². The van der Waals surface area contributed by atoms with E-state index >= 15 is 0 Å². The minimum Gasteiger partial charge on any atom is -0.356 e. The second-order valence-electron chi connectivity index (χ2n) is 13.1. The van der Waals surface area contributed by atoms with E-state index in [0.717, 1.165) is 38.5 Å². The van der Waals surface area contributed by atoms with Crippen molar-refractivity contribution in [3.8, 4) is 0 Å². The van der Waals surface area contributed by atoms with Gasteiger partial charge in [0.1, 0.15) is 0 Å². The van der Waals surface area contributed by atoms with Crippen molar-refractivity contribution < 1.29 is 9.59 Å². The first-order valence-corrected chi connectivity index (χ1v) is 19.5. The van der Waals surface area contributed by atoms with Crippen LogP contribution in [0, 0.1) is 0 Å². The molecule has 258 valence electrons. The molecule has 4 heteroatoms. The van der Waals surface area contributed by atoms with Gasteiger partial charge in [0.2, 0.25) is 11.8 Å². The van der Waals surface area contributed by atoms with Crippen molar-refractivity contribution in [1.82, 2.24) is 10.6 Å². The van der Waals surface area contributed by atoms with Gasteiger partial charge in [0.15, 0.2) is 0 Å². The Morgan fingerprint density at radius 1 is 0.364 bits per heavy atom. The molecule has 0 radical (unpaired) electrons. The molecular weight excluding hydrogens is 540 g/mol. The van der Waals surface area contributed by atoms with Crippen molar-refractivity contribution in [2.24, 2.45) is 0 Å². The fourth-order valence-electron chi connectivity index (χ4n) is 5.59. The van der Waals surface area contributed by atoms with Crippen LogP contribution in [0.5, 0.6) is 0 Å². The van der Waals surface area contributed by atoms with Gasteiger partial charge < -0.3 is 10.6 Å². The average Bonchev–Trinajstić information content (AvgIpc) is 3.02. The Balaban J connectivity index is 3.32. The Kier molecular flexibility index (Phi) is 36.3. The second-order valence-corrected chi connectivity index (χ2v) is 13.1. The van der Waals surface area contributed by atoms with Crippen LogP contribution in [0.15, 0.2) is 24.3 Å². The highest BCUT2D eigenvalue weighted by atomic mass is 16.2. The Bertz CT molecular complexity index is 602. The zero-order chi connectivity index (χ0) is 32.0. The highest BCUT2D eigenvalue weighted by molar-refractivity contribution is 5.76. The summed E-state index contributed by atoms with van der Waals surface area (Å²) in [6.45, 7) is 5.98. The standard InChI is InChI=1S/C40H76N2O2/c1-3-5-7-9-11-13-15-17-19-21-23-25-27-29-31-35-39(43)41-37-33-34-38-42-40(44)36-32-30-28-26-24-22-20-18-16-14-12-10-8-6-4-2/h17-20H,3-16,21-38H2,1-2H3,(H,41,43)(H,42,44)/b19-17-,20-18+. The van der Waals surface area contributed by atoms with Crippen LogP contribution in [0.25, 0.3) is 0 Å². The summed E-state index contributed by atoms with van der Waals surface area (Å²) in [4.78, 5) is 24.1. The molecule has 2 N–H and O–H groups in total. The number of allylic oxidation sites excluding steroid dienone is 4. The molecule has 0 saturated carbocycles. The summed E-state index contributed by atoms with van der Waals surface area (Å²) in [6.07, 6.45) is 45.8. The first-order valence-electron chi connectivity index (χ1n) is 19.5. The number of unbranched alkanes of at least 4 members (excludes halogenated alkanes) is 23. The summed E-state index contributed by atoms with van der Waals surface area (Å²) in [7, 11) is 0. The molecule has 0 aromatic carbocycles. The van der Waals surface area contributed by atoms with Gasteiger partial charge in [-0.1, -0.05) is 141 Å². The van der Waals surface area contributed by atoms with Crippen LogP contribution in [-0.2, 0) is 9.59 Å². The van der Waals surface area contributed by atoms with E-state index in [1.54, 1.807) is 0 Å². The lowest BCUT2D eigenvalue weighted by Crippen LogP contribution is -2.27. The number of carbonyl (C=O) groups is 2. The lowest BCUT2D eigenvalue weighted by atomic mass is 10.1. The molecule has 0 aliphatic rings. The number of carbonyl (C=O) groups excluding carboxylic acids is 2. The molecule has 0 fully saturated rings. The second kappa shape index (κ2) is 37.6. The molecule has 0 aromatic heterocycles. The summed E-state index contributed by atoms with van der Waals surface area (Å²) >= 11 is 0. The molecule has 0 saturated heterocycles. The maximum absolute atomic E-state index is 12.0. The van der Waals surface area contributed by atoms with Crippen LogP contribution in [0.3, 0.4) is 0 Å². The summed E-state index contributed by atoms with van der Waals surface area (Å²) in [5, 5.41) is 6.08. The quantitative estimate of drug-likeness (QED) is 0.0549. The third-order valence-electron chi connectivity index (χ3n) is 8.58. The van der Waals surface area contributed by atoms with E-state index in [-0.39, 0.29) is 11.8 Å². The molecule has 0 heterocycles. The predicted octanol–water partition coefficient (Wildman–Crippen LogP) is 12.1. The van der Waals surface area contributed by atoms with Crippen LogP contribution >= 0.6 is 0 Å². The number of amides is 2. The van der Waals surface area contributed by atoms with Crippen LogP contribution in [-0.4, -0.2) is 24.9 Å². The highest BCUT2D eigenvalue weighted by Gasteiger charge is 2.02. The highest BCUT2D eigenvalue weighted by Crippen LogP contribution is 2.11. The van der Waals surface area contributed by atoms with Crippen LogP contribution < -0.4 is 10.6 Å². The van der Waals surface area contributed by atoms with Crippen molar-refractivity contribution in [1.29, 1.82) is 0 Å². The molecule has 44 heavy (non-hydrogen) atoms. The van der Waals surface area contributed by atoms with Gasteiger partial charge in [-0.3, -0.25) is 9.59 Å². The van der Waals surface area contributed by atoms with Gasteiger partial charge >= 0.3 is 0 Å². The van der Waals surface area contributed by atoms with Crippen LogP contribution in [0.1, 0.15) is 206 Å². The maximum atomic E-state index is 12.0. The Morgan fingerprint density at radius 3 is 0.955 bits per heavy atom. The largest absolute Gasteiger partial charge is 0.356 e. The number of nitrogens with one attached hydrogen (secondary N) is 2. The van der Waals surface area contributed by atoms with E-state index in [1.807, 2.05) is 0 Å². The van der Waals surface area contributed by atoms with Gasteiger partial charge in [-0.05, 0) is 77.0 Å². The van der Waals surface area contributed by atoms with Gasteiger partial charge in [0.05, 0.1) is 0 Å². The summed E-state index contributed by atoms with van der Waals surface area (Å²) in [5.41, 5.74) is 0. The van der Waals surface area contributed by atoms with Gasteiger partial charge in [0.25, 0.3) is 0 Å². The van der Waals surface area contributed by atoms with Crippen molar-refractivity contribution >= 4 is 11.8 Å². The normalized spacial score (nSPS) is 11.6. The summed E-state index contributed by atoms with van der Waals surface area (Å²) in [6, 6.07) is 0. The molecule has 0 bridgehead atoms. The van der Waals surface area contributed by atoms with Gasteiger partial charge in [-0.25, -0.2) is 0 Å². The molecule has 0 aliphatic carbocycles. The molecular formula is C40H76N2O2. The lowest BCUT2D eigenvalue weighted by molar-refractivity contribution is -0.122. The fraction of sp³-hybridized carbons (Fsp3) is 0.850. The zero-order valence-corrected chi connectivity index (χ0v) is 29.8. The fourth-order valence-corrected chi connectivity index (χ4v) is 5.59. The van der Waals surface area contributed by atoms with Crippen LogP contribution in [0.4, 0.5) is 0 Å². The minimum atomic E-state index is 0.177. The Hall–Kier alpha value is -1.58. The average molecular weight is 617 g/mol. The Labute approximate surface area is 275 Å². The molecule has 0 aliphatic heterocycles. The molecule has 0 aromatic rings.